The van der Waals surface area contributed by atoms with E-state index in [9.17, 15) is 19.2 Å². The molecule has 3 aromatic rings. The van der Waals surface area contributed by atoms with Crippen molar-refractivity contribution < 1.29 is 28.6 Å². The maximum absolute atomic E-state index is 13.9. The Morgan fingerprint density at radius 2 is 1.63 bits per heavy atom. The molecule has 38 heavy (non-hydrogen) atoms. The van der Waals surface area contributed by atoms with E-state index in [2.05, 4.69) is 10.3 Å². The van der Waals surface area contributed by atoms with Crippen molar-refractivity contribution >= 4 is 29.4 Å². The second kappa shape index (κ2) is 10.5. The summed E-state index contributed by atoms with van der Waals surface area (Å²) < 4.78 is 16.6. The van der Waals surface area contributed by atoms with Gasteiger partial charge in [-0.25, -0.2) is 19.4 Å². The molecule has 4 rings (SSSR count). The molecule has 0 bridgehead atoms. The first-order valence-electron chi connectivity index (χ1n) is 11.7. The largest absolute Gasteiger partial charge is 0.467 e. The van der Waals surface area contributed by atoms with Crippen molar-refractivity contribution in [2.75, 3.05) is 40.3 Å². The van der Waals surface area contributed by atoms with Gasteiger partial charge >= 0.3 is 17.9 Å². The first-order valence-corrected chi connectivity index (χ1v) is 11.7. The van der Waals surface area contributed by atoms with Crippen molar-refractivity contribution in [1.82, 2.24) is 14.7 Å². The molecule has 0 unspecified atom stereocenters. The number of nitrogens with one attached hydrogen (secondary N) is 1. The third-order valence-corrected chi connectivity index (χ3v) is 6.48. The Balaban J connectivity index is 2.10. The normalized spacial score (nSPS) is 18.8. The molecule has 0 amide bonds. The monoisotopic (exact) mass is 520 g/mol. The maximum atomic E-state index is 13.9. The summed E-state index contributed by atoms with van der Waals surface area (Å²) in [5, 5.41) is 3.12. The molecule has 2 aromatic heterocycles. The van der Waals surface area contributed by atoms with Crippen LogP contribution in [0.25, 0.3) is 5.65 Å². The third kappa shape index (κ3) is 4.30. The zero-order chi connectivity index (χ0) is 27.6. The van der Waals surface area contributed by atoms with Gasteiger partial charge in [-0.05, 0) is 17.7 Å². The lowest BCUT2D eigenvalue weighted by Crippen LogP contribution is -2.55. The molecule has 0 saturated carbocycles. The lowest BCUT2D eigenvalue weighted by Gasteiger charge is -2.30. The van der Waals surface area contributed by atoms with Gasteiger partial charge in [0.1, 0.15) is 11.5 Å². The Bertz CT molecular complexity index is 1500. The van der Waals surface area contributed by atoms with Crippen LogP contribution in [0.1, 0.15) is 17.2 Å². The lowest BCUT2D eigenvalue weighted by atomic mass is 9.83. The van der Waals surface area contributed by atoms with Gasteiger partial charge in [-0.2, -0.15) is 0 Å². The first kappa shape index (κ1) is 26.6. The Labute approximate surface area is 218 Å². The van der Waals surface area contributed by atoms with Crippen LogP contribution in [0.15, 0.2) is 70.7 Å². The third-order valence-electron chi connectivity index (χ3n) is 6.48. The summed E-state index contributed by atoms with van der Waals surface area (Å²) in [5.41, 5.74) is -1.83. The number of rotatable bonds is 7. The molecule has 1 aromatic carbocycles. The SMILES string of the molecule is COC(=O)C1=C(C(=O)OC)[C@@](Cc2ccccc2)(C(=O)OC)N[C@H]1c1c(N(C)C)nc2ccccn2c1=O. The van der Waals surface area contributed by atoms with Gasteiger partial charge in [-0.1, -0.05) is 36.4 Å². The number of anilines is 1. The summed E-state index contributed by atoms with van der Waals surface area (Å²) >= 11 is 0. The zero-order valence-electron chi connectivity index (χ0n) is 21.7. The molecule has 3 heterocycles. The number of fused-ring (bicyclic) bond motifs is 1. The van der Waals surface area contributed by atoms with E-state index in [0.29, 0.717) is 11.2 Å². The minimum atomic E-state index is -1.89. The summed E-state index contributed by atoms with van der Waals surface area (Å²) in [5.74, 6) is -2.46. The molecule has 0 fully saturated rings. The molecular formula is C27H28N4O7. The number of hydrogen-bond donors (Lipinski definition) is 1. The van der Waals surface area contributed by atoms with E-state index in [1.807, 2.05) is 0 Å². The van der Waals surface area contributed by atoms with Gasteiger partial charge in [0.25, 0.3) is 5.56 Å². The van der Waals surface area contributed by atoms with Crippen molar-refractivity contribution in [2.24, 2.45) is 0 Å². The standard InChI is InChI=1S/C27H28N4O7/c1-30(2)22-19(23(32)31-14-10-9-13-17(31)28-22)21-18(24(33)36-3)20(25(34)37-4)27(29-21,26(35)38-5)15-16-11-7-6-8-12-16/h6-14,21,29H,15H2,1-5H3/t21-,27+/m1/s1. The van der Waals surface area contributed by atoms with E-state index < -0.39 is 35.0 Å². The number of esters is 3. The minimum absolute atomic E-state index is 0.0411. The number of methoxy groups -OCH3 is 3. The summed E-state index contributed by atoms with van der Waals surface area (Å²) in [7, 11) is 6.85. The van der Waals surface area contributed by atoms with Gasteiger partial charge in [0.15, 0.2) is 5.54 Å². The van der Waals surface area contributed by atoms with Crippen LogP contribution in [0.3, 0.4) is 0 Å². The Kier molecular flexibility index (Phi) is 7.31. The first-order chi connectivity index (χ1) is 18.2. The molecule has 0 aliphatic carbocycles. The van der Waals surface area contributed by atoms with Crippen molar-refractivity contribution in [2.45, 2.75) is 18.0 Å². The Morgan fingerprint density at radius 1 is 0.974 bits per heavy atom. The van der Waals surface area contributed by atoms with Crippen LogP contribution in [0.4, 0.5) is 5.82 Å². The van der Waals surface area contributed by atoms with E-state index in [1.54, 1.807) is 73.7 Å². The van der Waals surface area contributed by atoms with Crippen molar-refractivity contribution in [1.29, 1.82) is 0 Å². The van der Waals surface area contributed by atoms with Crippen LogP contribution < -0.4 is 15.8 Å². The van der Waals surface area contributed by atoms with Gasteiger partial charge < -0.3 is 19.1 Å². The molecule has 11 nitrogen and oxygen atoms in total. The Morgan fingerprint density at radius 3 is 2.24 bits per heavy atom. The van der Waals surface area contributed by atoms with E-state index in [4.69, 9.17) is 14.2 Å². The van der Waals surface area contributed by atoms with Crippen LogP contribution in [-0.2, 0) is 35.0 Å². The Hall–Kier alpha value is -4.51. The molecule has 198 valence electrons. The van der Waals surface area contributed by atoms with Crippen LogP contribution in [0.2, 0.25) is 0 Å². The molecular weight excluding hydrogens is 492 g/mol. The van der Waals surface area contributed by atoms with Gasteiger partial charge in [-0.15, -0.1) is 0 Å². The van der Waals surface area contributed by atoms with Gasteiger partial charge in [0.2, 0.25) is 0 Å². The fourth-order valence-electron chi connectivity index (χ4n) is 4.83. The van der Waals surface area contributed by atoms with Crippen LogP contribution in [0.5, 0.6) is 0 Å². The highest BCUT2D eigenvalue weighted by Gasteiger charge is 2.58. The molecule has 1 N–H and O–H groups in total. The predicted molar refractivity (Wildman–Crippen MR) is 138 cm³/mol. The fraction of sp³-hybridized carbons (Fsp3) is 0.296. The number of nitrogens with zero attached hydrogens (tertiary/aromatic N) is 3. The molecule has 0 radical (unpaired) electrons. The van der Waals surface area contributed by atoms with Crippen molar-refractivity contribution in [3.05, 3.63) is 87.4 Å². The predicted octanol–water partition coefficient (Wildman–Crippen LogP) is 1.20. The summed E-state index contributed by atoms with van der Waals surface area (Å²) in [6.45, 7) is 0. The molecule has 0 saturated heterocycles. The van der Waals surface area contributed by atoms with Crippen molar-refractivity contribution in [3.63, 3.8) is 0 Å². The second-order valence-electron chi connectivity index (χ2n) is 8.89. The number of hydrogen-bond acceptors (Lipinski definition) is 10. The van der Waals surface area contributed by atoms with Crippen molar-refractivity contribution in [3.8, 4) is 0 Å². The van der Waals surface area contributed by atoms with E-state index in [1.165, 1.54) is 11.5 Å². The average Bonchev–Trinajstić information content (AvgIpc) is 3.27. The highest BCUT2D eigenvalue weighted by Crippen LogP contribution is 2.43. The minimum Gasteiger partial charge on any atom is -0.467 e. The lowest BCUT2D eigenvalue weighted by molar-refractivity contribution is -0.149. The number of benzene rings is 1. The number of aromatic nitrogens is 2. The molecule has 11 heteroatoms. The molecule has 1 aliphatic heterocycles. The van der Waals surface area contributed by atoms with Crippen LogP contribution in [0, 0.1) is 0 Å². The van der Waals surface area contributed by atoms with Gasteiger partial charge in [0.05, 0.1) is 44.1 Å². The van der Waals surface area contributed by atoms with Gasteiger partial charge in [-0.3, -0.25) is 14.5 Å². The summed E-state index contributed by atoms with van der Waals surface area (Å²) in [4.78, 5) is 60.3. The summed E-state index contributed by atoms with van der Waals surface area (Å²) in [6.07, 6.45) is 1.46. The van der Waals surface area contributed by atoms with Crippen LogP contribution >= 0.6 is 0 Å². The number of carbonyl (C=O) groups excluding carboxylic acids is 3. The molecule has 0 spiro atoms. The van der Waals surface area contributed by atoms with E-state index in [0.717, 1.165) is 14.2 Å². The van der Waals surface area contributed by atoms with Crippen LogP contribution in [-0.4, -0.2) is 68.3 Å². The zero-order valence-corrected chi connectivity index (χ0v) is 21.7. The highest BCUT2D eigenvalue weighted by molar-refractivity contribution is 6.10. The quantitative estimate of drug-likeness (QED) is 0.358. The smallest absolute Gasteiger partial charge is 0.336 e. The van der Waals surface area contributed by atoms with E-state index >= 15 is 0 Å². The molecule has 1 aliphatic rings. The second-order valence-corrected chi connectivity index (χ2v) is 8.89. The highest BCUT2D eigenvalue weighted by atomic mass is 16.5. The summed E-state index contributed by atoms with van der Waals surface area (Å²) in [6, 6.07) is 12.7. The number of pyridine rings is 1. The number of ether oxygens (including phenoxy) is 3. The number of carbonyl (C=O) groups is 3. The fourth-order valence-corrected chi connectivity index (χ4v) is 4.83. The average molecular weight is 521 g/mol. The maximum Gasteiger partial charge on any atom is 0.336 e. The van der Waals surface area contributed by atoms with Gasteiger partial charge in [0, 0.05) is 26.7 Å². The topological polar surface area (TPSA) is 129 Å². The van der Waals surface area contributed by atoms with E-state index in [-0.39, 0.29) is 28.9 Å². The molecule has 2 atom stereocenters.